The summed E-state index contributed by atoms with van der Waals surface area (Å²) in [5.41, 5.74) is 2.25. The molecule has 0 atom stereocenters. The van der Waals surface area contributed by atoms with Crippen LogP contribution in [0.1, 0.15) is 35.3 Å². The molecule has 2 aromatic rings. The number of carbonyl (C=O) groups excluding carboxylic acids is 1. The van der Waals surface area contributed by atoms with Crippen LogP contribution in [0.2, 0.25) is 0 Å². The number of carbonyl (C=O) groups is 1. The molecule has 0 aliphatic heterocycles. The maximum atomic E-state index is 13.5. The average Bonchev–Trinajstić information content (AvgIpc) is 2.67. The third-order valence-electron chi connectivity index (χ3n) is 4.40. The molecule has 0 radical (unpaired) electrons. The lowest BCUT2D eigenvalue weighted by Crippen LogP contribution is -2.43. The number of rotatable bonds is 6. The fraction of sp³-hybridized carbons (Fsp3) is 0.333. The number of hydrogen-bond acceptors (Lipinski definition) is 2. The quantitative estimate of drug-likeness (QED) is 0.325. The number of aliphatic imine (C=N–C) groups is 1. The van der Waals surface area contributed by atoms with Crippen LogP contribution in [0.3, 0.4) is 0 Å². The van der Waals surface area contributed by atoms with Crippen LogP contribution in [0.4, 0.5) is 4.39 Å². The molecule has 3 N–H and O–H groups in total. The molecule has 5 nitrogen and oxygen atoms in total. The molecule has 0 saturated carbocycles. The van der Waals surface area contributed by atoms with E-state index < -0.39 is 0 Å². The number of benzene rings is 2. The van der Waals surface area contributed by atoms with E-state index in [-0.39, 0.29) is 41.1 Å². The molecule has 0 saturated heterocycles. The summed E-state index contributed by atoms with van der Waals surface area (Å²) in [5.74, 6) is 0.292. The Kier molecular flexibility index (Phi) is 9.37. The molecule has 0 aliphatic rings. The van der Waals surface area contributed by atoms with Gasteiger partial charge in [-0.3, -0.25) is 9.79 Å². The Morgan fingerprint density at radius 2 is 1.82 bits per heavy atom. The zero-order chi connectivity index (χ0) is 19.9. The summed E-state index contributed by atoms with van der Waals surface area (Å²) in [5, 5.41) is 9.14. The first-order chi connectivity index (χ1) is 12.9. The van der Waals surface area contributed by atoms with Crippen LogP contribution in [-0.4, -0.2) is 32.5 Å². The van der Waals surface area contributed by atoms with Crippen molar-refractivity contribution in [3.63, 3.8) is 0 Å². The Morgan fingerprint density at radius 3 is 2.46 bits per heavy atom. The van der Waals surface area contributed by atoms with Crippen LogP contribution in [0.5, 0.6) is 0 Å². The highest BCUT2D eigenvalue weighted by Crippen LogP contribution is 2.22. The first kappa shape index (κ1) is 23.9. The molecule has 28 heavy (non-hydrogen) atoms. The minimum absolute atomic E-state index is 0. The molecule has 0 aromatic heterocycles. The minimum atomic E-state index is -0.265. The highest BCUT2D eigenvalue weighted by molar-refractivity contribution is 14.0. The van der Waals surface area contributed by atoms with E-state index in [1.165, 1.54) is 6.07 Å². The van der Waals surface area contributed by atoms with Gasteiger partial charge >= 0.3 is 0 Å². The van der Waals surface area contributed by atoms with Gasteiger partial charge in [0, 0.05) is 38.2 Å². The van der Waals surface area contributed by atoms with Crippen LogP contribution in [0, 0.1) is 5.82 Å². The van der Waals surface area contributed by atoms with E-state index in [9.17, 15) is 9.18 Å². The normalized spacial score (nSPS) is 11.4. The Balaban J connectivity index is 0.00000392. The second-order valence-electron chi connectivity index (χ2n) is 6.95. The van der Waals surface area contributed by atoms with E-state index in [0.29, 0.717) is 24.6 Å². The number of hydrogen-bond donors (Lipinski definition) is 3. The van der Waals surface area contributed by atoms with Gasteiger partial charge in [0.15, 0.2) is 5.96 Å². The number of halogens is 2. The van der Waals surface area contributed by atoms with E-state index in [4.69, 9.17) is 0 Å². The van der Waals surface area contributed by atoms with Gasteiger partial charge in [-0.25, -0.2) is 4.39 Å². The summed E-state index contributed by atoms with van der Waals surface area (Å²) in [6.45, 7) is 5.23. The Morgan fingerprint density at radius 1 is 1.11 bits per heavy atom. The van der Waals surface area contributed by atoms with Crippen molar-refractivity contribution in [3.05, 3.63) is 71.0 Å². The molecular formula is C21H28FIN4O. The maximum absolute atomic E-state index is 13.5. The second kappa shape index (κ2) is 11.0. The third-order valence-corrected chi connectivity index (χ3v) is 4.40. The van der Waals surface area contributed by atoms with E-state index in [1.807, 2.05) is 24.3 Å². The number of amides is 1. The van der Waals surface area contributed by atoms with Crippen molar-refractivity contribution in [1.82, 2.24) is 16.0 Å². The van der Waals surface area contributed by atoms with Crippen LogP contribution in [-0.2, 0) is 12.0 Å². The first-order valence-electron chi connectivity index (χ1n) is 8.87. The largest absolute Gasteiger partial charge is 0.356 e. The van der Waals surface area contributed by atoms with Crippen molar-refractivity contribution in [3.8, 4) is 0 Å². The number of guanidine groups is 1. The lowest BCUT2D eigenvalue weighted by molar-refractivity contribution is 0.0963. The van der Waals surface area contributed by atoms with E-state index in [2.05, 4.69) is 34.8 Å². The van der Waals surface area contributed by atoms with Gasteiger partial charge in [-0.2, -0.15) is 0 Å². The maximum Gasteiger partial charge on any atom is 0.251 e. The van der Waals surface area contributed by atoms with Crippen molar-refractivity contribution >= 4 is 35.8 Å². The van der Waals surface area contributed by atoms with Gasteiger partial charge < -0.3 is 16.0 Å². The number of nitrogens with one attached hydrogen (secondary N) is 3. The van der Waals surface area contributed by atoms with Crippen LogP contribution in [0.25, 0.3) is 0 Å². The van der Waals surface area contributed by atoms with Crippen molar-refractivity contribution in [2.24, 2.45) is 4.99 Å². The van der Waals surface area contributed by atoms with Gasteiger partial charge in [-0.15, -0.1) is 24.0 Å². The van der Waals surface area contributed by atoms with Gasteiger partial charge in [0.05, 0.1) is 0 Å². The smallest absolute Gasteiger partial charge is 0.251 e. The van der Waals surface area contributed by atoms with Gasteiger partial charge in [-0.05, 0) is 35.4 Å². The molecule has 2 aromatic carbocycles. The summed E-state index contributed by atoms with van der Waals surface area (Å²) in [7, 11) is 3.31. The van der Waals surface area contributed by atoms with Crippen molar-refractivity contribution in [1.29, 1.82) is 0 Å². The topological polar surface area (TPSA) is 65.5 Å². The minimum Gasteiger partial charge on any atom is -0.356 e. The molecule has 0 heterocycles. The molecule has 7 heteroatoms. The molecule has 0 bridgehead atoms. The van der Waals surface area contributed by atoms with Gasteiger partial charge in [-0.1, -0.05) is 38.1 Å². The zero-order valence-corrected chi connectivity index (χ0v) is 19.0. The molecule has 0 spiro atoms. The van der Waals surface area contributed by atoms with E-state index >= 15 is 0 Å². The summed E-state index contributed by atoms with van der Waals surface area (Å²) < 4.78 is 13.5. The molecule has 2 rings (SSSR count). The predicted octanol–water partition coefficient (Wildman–Crippen LogP) is 3.45. The monoisotopic (exact) mass is 498 g/mol. The van der Waals surface area contributed by atoms with Crippen LogP contribution < -0.4 is 16.0 Å². The summed E-state index contributed by atoms with van der Waals surface area (Å²) in [4.78, 5) is 16.0. The molecule has 0 unspecified atom stereocenters. The van der Waals surface area contributed by atoms with Crippen LogP contribution in [0.15, 0.2) is 53.5 Å². The summed E-state index contributed by atoms with van der Waals surface area (Å²) >= 11 is 0. The molecule has 0 fully saturated rings. The third kappa shape index (κ3) is 6.78. The summed E-state index contributed by atoms with van der Waals surface area (Å²) in [6, 6.07) is 14.1. The Labute approximate surface area is 183 Å². The Bertz CT molecular complexity index is 824. The molecule has 152 valence electrons. The predicted molar refractivity (Wildman–Crippen MR) is 123 cm³/mol. The van der Waals surface area contributed by atoms with Crippen molar-refractivity contribution in [2.45, 2.75) is 25.8 Å². The summed E-state index contributed by atoms with van der Waals surface area (Å²) in [6.07, 6.45) is 0. The lowest BCUT2D eigenvalue weighted by atomic mass is 9.84. The van der Waals surface area contributed by atoms with Gasteiger partial charge in [0.2, 0.25) is 0 Å². The lowest BCUT2D eigenvalue weighted by Gasteiger charge is -2.27. The SMILES string of the molecule is CN=C(NCc1cccc(C(=O)NC)c1)NCC(C)(C)c1cccc(F)c1.I. The van der Waals surface area contributed by atoms with Crippen LogP contribution >= 0.6 is 24.0 Å². The Hall–Kier alpha value is -2.16. The highest BCUT2D eigenvalue weighted by atomic mass is 127. The fourth-order valence-corrected chi connectivity index (χ4v) is 2.69. The standard InChI is InChI=1S/C21H27FN4O.HI/c1-21(2,17-9-6-10-18(22)12-17)14-26-20(24-4)25-13-15-7-5-8-16(11-15)19(27)23-3;/h5-12H,13-14H2,1-4H3,(H,23,27)(H2,24,25,26);1H. The van der Waals surface area contributed by atoms with Crippen molar-refractivity contribution < 1.29 is 9.18 Å². The van der Waals surface area contributed by atoms with Gasteiger partial charge in [0.25, 0.3) is 5.91 Å². The molecular weight excluding hydrogens is 470 g/mol. The second-order valence-corrected chi connectivity index (χ2v) is 6.95. The van der Waals surface area contributed by atoms with Gasteiger partial charge in [0.1, 0.15) is 5.82 Å². The average molecular weight is 498 g/mol. The van der Waals surface area contributed by atoms with E-state index in [0.717, 1.165) is 11.1 Å². The van der Waals surface area contributed by atoms with Crippen molar-refractivity contribution in [2.75, 3.05) is 20.6 Å². The highest BCUT2D eigenvalue weighted by Gasteiger charge is 2.21. The first-order valence-corrected chi connectivity index (χ1v) is 8.87. The van der Waals surface area contributed by atoms with E-state index in [1.54, 1.807) is 32.3 Å². The zero-order valence-electron chi connectivity index (χ0n) is 16.7. The molecule has 1 amide bonds. The fourth-order valence-electron chi connectivity index (χ4n) is 2.69. The number of nitrogens with zero attached hydrogens (tertiary/aromatic N) is 1. The molecule has 0 aliphatic carbocycles.